The molecule has 0 bridgehead atoms. The van der Waals surface area contributed by atoms with Crippen molar-refractivity contribution in [2.24, 2.45) is 5.92 Å². The molecule has 0 heterocycles. The Morgan fingerprint density at radius 3 is 2.21 bits per heavy atom. The van der Waals surface area contributed by atoms with Gasteiger partial charge in [0.25, 0.3) is 0 Å². The molecule has 2 aliphatic rings. The Bertz CT molecular complexity index is 1010. The minimum Gasteiger partial charge on any atom is -0.480 e. The van der Waals surface area contributed by atoms with Gasteiger partial charge in [-0.05, 0) is 59.4 Å². The van der Waals surface area contributed by atoms with Gasteiger partial charge in [-0.25, -0.2) is 9.59 Å². The number of aliphatic carboxylic acids is 1. The zero-order valence-corrected chi connectivity index (χ0v) is 20.0. The number of hydrogen-bond donors (Lipinski definition) is 3. The fraction of sp³-hybridized carbons (Fsp3) is 0.423. The molecule has 0 saturated heterocycles. The van der Waals surface area contributed by atoms with E-state index in [2.05, 4.69) is 34.9 Å². The van der Waals surface area contributed by atoms with Crippen LogP contribution in [0.3, 0.4) is 0 Å². The van der Waals surface area contributed by atoms with E-state index in [1.54, 1.807) is 0 Å². The Morgan fingerprint density at radius 1 is 1.03 bits per heavy atom. The van der Waals surface area contributed by atoms with Gasteiger partial charge in [-0.2, -0.15) is 11.8 Å². The van der Waals surface area contributed by atoms with Gasteiger partial charge < -0.3 is 20.5 Å². The van der Waals surface area contributed by atoms with E-state index in [1.165, 1.54) is 11.8 Å². The first-order valence-electron chi connectivity index (χ1n) is 11.6. The molecule has 0 aromatic heterocycles. The molecule has 1 saturated carbocycles. The molecule has 0 spiro atoms. The molecule has 4 rings (SSSR count). The number of fused-ring (bicyclic) bond motifs is 3. The predicted molar refractivity (Wildman–Crippen MR) is 132 cm³/mol. The van der Waals surface area contributed by atoms with Gasteiger partial charge in [-0.1, -0.05) is 48.5 Å². The largest absolute Gasteiger partial charge is 0.480 e. The van der Waals surface area contributed by atoms with Crippen molar-refractivity contribution in [3.63, 3.8) is 0 Å². The Kier molecular flexibility index (Phi) is 7.77. The lowest BCUT2D eigenvalue weighted by Gasteiger charge is -2.21. The fourth-order valence-corrected chi connectivity index (χ4v) is 5.04. The average Bonchev–Trinajstić information content (AvgIpc) is 3.63. The fourth-order valence-electron chi connectivity index (χ4n) is 4.57. The van der Waals surface area contributed by atoms with Crippen LogP contribution in [0.15, 0.2) is 48.5 Å². The van der Waals surface area contributed by atoms with E-state index in [-0.39, 0.29) is 36.8 Å². The molecule has 2 atom stereocenters. The third-order valence-corrected chi connectivity index (χ3v) is 7.13. The summed E-state index contributed by atoms with van der Waals surface area (Å²) in [5.41, 5.74) is 4.60. The van der Waals surface area contributed by atoms with Crippen LogP contribution in [0.2, 0.25) is 0 Å². The van der Waals surface area contributed by atoms with Gasteiger partial charge in [-0.15, -0.1) is 0 Å². The number of rotatable bonds is 11. The van der Waals surface area contributed by atoms with E-state index < -0.39 is 18.1 Å². The van der Waals surface area contributed by atoms with E-state index >= 15 is 0 Å². The predicted octanol–water partition coefficient (Wildman–Crippen LogP) is 4.02. The van der Waals surface area contributed by atoms with E-state index in [0.29, 0.717) is 12.2 Å². The topological polar surface area (TPSA) is 105 Å². The highest BCUT2D eigenvalue weighted by molar-refractivity contribution is 7.98. The van der Waals surface area contributed by atoms with Crippen molar-refractivity contribution in [1.29, 1.82) is 0 Å². The zero-order valence-electron chi connectivity index (χ0n) is 19.2. The van der Waals surface area contributed by atoms with Crippen molar-refractivity contribution in [1.82, 2.24) is 10.6 Å². The number of carbonyl (C=O) groups is 3. The van der Waals surface area contributed by atoms with Gasteiger partial charge >= 0.3 is 12.1 Å². The summed E-state index contributed by atoms with van der Waals surface area (Å²) in [4.78, 5) is 36.6. The molecule has 1 unspecified atom stereocenters. The van der Waals surface area contributed by atoms with E-state index in [1.807, 2.05) is 30.5 Å². The van der Waals surface area contributed by atoms with Gasteiger partial charge in [0.2, 0.25) is 5.91 Å². The van der Waals surface area contributed by atoms with Gasteiger partial charge in [0.05, 0.1) is 0 Å². The quantitative estimate of drug-likeness (QED) is 0.447. The second-order valence-electron chi connectivity index (χ2n) is 8.86. The SMILES string of the molecule is CSCC[C@H](NC(=O)CC(NC(=O)OCC1c2ccccc2-c2ccccc21)C1CC1)C(=O)O. The minimum absolute atomic E-state index is 0.0337. The van der Waals surface area contributed by atoms with E-state index in [4.69, 9.17) is 4.74 Å². The maximum absolute atomic E-state index is 12.7. The van der Waals surface area contributed by atoms with Crippen LogP contribution in [0, 0.1) is 5.92 Å². The number of alkyl carbamates (subject to hydrolysis) is 1. The highest BCUT2D eigenvalue weighted by Gasteiger charge is 2.35. The number of carbonyl (C=O) groups excluding carboxylic acids is 2. The normalized spacial score (nSPS) is 16.1. The van der Waals surface area contributed by atoms with Crippen molar-refractivity contribution in [2.45, 2.75) is 43.7 Å². The van der Waals surface area contributed by atoms with Crippen LogP contribution >= 0.6 is 11.8 Å². The molecule has 3 N–H and O–H groups in total. The van der Waals surface area contributed by atoms with Crippen molar-refractivity contribution < 1.29 is 24.2 Å². The Morgan fingerprint density at radius 2 is 1.65 bits per heavy atom. The molecule has 1 fully saturated rings. The van der Waals surface area contributed by atoms with Crippen LogP contribution in [-0.2, 0) is 14.3 Å². The highest BCUT2D eigenvalue weighted by atomic mass is 32.2. The number of thioether (sulfide) groups is 1. The summed E-state index contributed by atoms with van der Waals surface area (Å²) in [5, 5.41) is 14.8. The van der Waals surface area contributed by atoms with Crippen LogP contribution in [0.5, 0.6) is 0 Å². The Hall–Kier alpha value is -3.00. The third-order valence-electron chi connectivity index (χ3n) is 6.49. The van der Waals surface area contributed by atoms with Gasteiger partial charge in [0, 0.05) is 18.4 Å². The Labute approximate surface area is 203 Å². The van der Waals surface area contributed by atoms with E-state index in [9.17, 15) is 19.5 Å². The van der Waals surface area contributed by atoms with Crippen LogP contribution in [0.4, 0.5) is 4.79 Å². The first-order chi connectivity index (χ1) is 16.5. The second-order valence-corrected chi connectivity index (χ2v) is 9.84. The molecular formula is C26H30N2O5S. The lowest BCUT2D eigenvalue weighted by molar-refractivity contribution is -0.142. The van der Waals surface area contributed by atoms with Crippen molar-refractivity contribution in [3.05, 3.63) is 59.7 Å². The van der Waals surface area contributed by atoms with Crippen LogP contribution in [0.1, 0.15) is 42.7 Å². The van der Waals surface area contributed by atoms with Crippen molar-refractivity contribution in [3.8, 4) is 11.1 Å². The molecule has 7 nitrogen and oxygen atoms in total. The molecule has 0 aliphatic heterocycles. The van der Waals surface area contributed by atoms with Crippen molar-refractivity contribution >= 4 is 29.7 Å². The minimum atomic E-state index is -1.05. The smallest absolute Gasteiger partial charge is 0.407 e. The number of nitrogens with one attached hydrogen (secondary N) is 2. The number of ether oxygens (including phenoxy) is 1. The molecule has 0 radical (unpaired) electrons. The number of carboxylic acids is 1. The Balaban J connectivity index is 1.34. The number of benzene rings is 2. The van der Waals surface area contributed by atoms with Gasteiger partial charge in [-0.3, -0.25) is 4.79 Å². The molecular weight excluding hydrogens is 452 g/mol. The average molecular weight is 483 g/mol. The summed E-state index contributed by atoms with van der Waals surface area (Å²) in [6.07, 6.45) is 3.59. The van der Waals surface area contributed by atoms with E-state index in [0.717, 1.165) is 35.1 Å². The molecule has 2 aromatic carbocycles. The maximum atomic E-state index is 12.7. The lowest BCUT2D eigenvalue weighted by atomic mass is 9.98. The summed E-state index contributed by atoms with van der Waals surface area (Å²) in [6, 6.07) is 15.0. The second kappa shape index (κ2) is 11.0. The molecule has 2 amide bonds. The number of amides is 2. The van der Waals surface area contributed by atoms with Gasteiger partial charge in [0.1, 0.15) is 12.6 Å². The lowest BCUT2D eigenvalue weighted by Crippen LogP contribution is -2.45. The molecule has 2 aromatic rings. The summed E-state index contributed by atoms with van der Waals surface area (Å²) >= 11 is 1.53. The molecule has 8 heteroatoms. The standard InChI is InChI=1S/C26H30N2O5S/c1-34-13-12-22(25(30)31)27-24(29)14-23(16-10-11-16)28-26(32)33-15-21-19-8-4-2-6-17(19)18-7-3-5-9-20(18)21/h2-9,16,21-23H,10-15H2,1H3,(H,27,29)(H,28,32)(H,30,31)/t22-,23?/m0/s1. The molecule has 34 heavy (non-hydrogen) atoms. The highest BCUT2D eigenvalue weighted by Crippen LogP contribution is 2.44. The summed E-state index contributed by atoms with van der Waals surface area (Å²) < 4.78 is 5.62. The monoisotopic (exact) mass is 482 g/mol. The summed E-state index contributed by atoms with van der Waals surface area (Å²) in [7, 11) is 0. The zero-order chi connectivity index (χ0) is 24.1. The summed E-state index contributed by atoms with van der Waals surface area (Å²) in [5.74, 6) is -0.602. The van der Waals surface area contributed by atoms with Gasteiger partial charge in [0.15, 0.2) is 0 Å². The first-order valence-corrected chi connectivity index (χ1v) is 13.0. The first kappa shape index (κ1) is 24.1. The third kappa shape index (κ3) is 5.73. The maximum Gasteiger partial charge on any atom is 0.407 e. The molecule has 2 aliphatic carbocycles. The number of carboxylic acid groups (broad SMARTS) is 1. The number of hydrogen-bond acceptors (Lipinski definition) is 5. The van der Waals surface area contributed by atoms with Crippen molar-refractivity contribution in [2.75, 3.05) is 18.6 Å². The van der Waals surface area contributed by atoms with Crippen LogP contribution in [-0.4, -0.2) is 53.8 Å². The molecule has 180 valence electrons. The van der Waals surface area contributed by atoms with Crippen LogP contribution < -0.4 is 10.6 Å². The summed E-state index contributed by atoms with van der Waals surface area (Å²) in [6.45, 7) is 0.208. The van der Waals surface area contributed by atoms with Crippen LogP contribution in [0.25, 0.3) is 11.1 Å².